The summed E-state index contributed by atoms with van der Waals surface area (Å²) in [7, 11) is 0. The summed E-state index contributed by atoms with van der Waals surface area (Å²) in [5.41, 5.74) is 1.10. The van der Waals surface area contributed by atoms with Crippen LogP contribution >= 0.6 is 0 Å². The van der Waals surface area contributed by atoms with Crippen LogP contribution in [-0.4, -0.2) is 36.3 Å². The third kappa shape index (κ3) is 4.30. The van der Waals surface area contributed by atoms with Gasteiger partial charge in [0.25, 0.3) is 0 Å². The Morgan fingerprint density at radius 3 is 2.52 bits per heavy atom. The topological polar surface area (TPSA) is 59.1 Å². The van der Waals surface area contributed by atoms with E-state index in [2.05, 4.69) is 48.3 Å². The second-order valence-electron chi connectivity index (χ2n) is 6.03. The summed E-state index contributed by atoms with van der Waals surface area (Å²) in [5, 5.41) is 6.82. The zero-order valence-corrected chi connectivity index (χ0v) is 13.7. The Hall–Kier alpha value is -1.36. The molecule has 0 spiro atoms. The summed E-state index contributed by atoms with van der Waals surface area (Å²) in [6.07, 6.45) is 2.32. The molecule has 5 heteroatoms. The number of anilines is 2. The van der Waals surface area contributed by atoms with Crippen molar-refractivity contribution in [3.63, 3.8) is 0 Å². The molecule has 1 aliphatic heterocycles. The summed E-state index contributed by atoms with van der Waals surface area (Å²) >= 11 is 0. The summed E-state index contributed by atoms with van der Waals surface area (Å²) in [6.45, 7) is 12.0. The smallest absolute Gasteiger partial charge is 0.135 e. The van der Waals surface area contributed by atoms with Crippen LogP contribution in [0.3, 0.4) is 0 Å². The highest BCUT2D eigenvalue weighted by Crippen LogP contribution is 2.23. The molecule has 1 aliphatic rings. The minimum Gasteiger partial charge on any atom is -0.381 e. The Morgan fingerprint density at radius 2 is 1.95 bits per heavy atom. The van der Waals surface area contributed by atoms with Crippen molar-refractivity contribution in [3.8, 4) is 0 Å². The monoisotopic (exact) mass is 292 g/mol. The first kappa shape index (κ1) is 16.0. The second kappa shape index (κ2) is 7.59. The van der Waals surface area contributed by atoms with Gasteiger partial charge in [-0.3, -0.25) is 0 Å². The molecule has 0 amide bonds. The maximum absolute atomic E-state index is 5.42. The molecule has 0 aliphatic carbocycles. The largest absolute Gasteiger partial charge is 0.381 e. The van der Waals surface area contributed by atoms with Gasteiger partial charge in [0.1, 0.15) is 17.5 Å². The highest BCUT2D eigenvalue weighted by Gasteiger charge is 2.16. The zero-order chi connectivity index (χ0) is 15.2. The maximum Gasteiger partial charge on any atom is 0.135 e. The molecule has 1 saturated heterocycles. The molecule has 0 bridgehead atoms. The summed E-state index contributed by atoms with van der Waals surface area (Å²) in [6, 6.07) is 0. The van der Waals surface area contributed by atoms with E-state index in [9.17, 15) is 0 Å². The average molecular weight is 292 g/mol. The average Bonchev–Trinajstić information content (AvgIpc) is 2.96. The van der Waals surface area contributed by atoms with Crippen molar-refractivity contribution in [3.05, 3.63) is 11.4 Å². The van der Waals surface area contributed by atoms with Gasteiger partial charge < -0.3 is 15.4 Å². The van der Waals surface area contributed by atoms with Crippen LogP contribution in [0.15, 0.2) is 0 Å². The number of aromatic nitrogens is 2. The van der Waals surface area contributed by atoms with Crippen LogP contribution in [0, 0.1) is 12.8 Å². The van der Waals surface area contributed by atoms with Gasteiger partial charge >= 0.3 is 0 Å². The molecule has 0 aromatic carbocycles. The van der Waals surface area contributed by atoms with Crippen LogP contribution in [0.5, 0.6) is 0 Å². The van der Waals surface area contributed by atoms with Gasteiger partial charge in [0.2, 0.25) is 0 Å². The quantitative estimate of drug-likeness (QED) is 0.808. The van der Waals surface area contributed by atoms with E-state index in [1.54, 1.807) is 0 Å². The molecule has 21 heavy (non-hydrogen) atoms. The minimum absolute atomic E-state index is 0.326. The molecule has 2 rings (SSSR count). The van der Waals surface area contributed by atoms with Gasteiger partial charge in [0.15, 0.2) is 0 Å². The molecule has 2 heterocycles. The Morgan fingerprint density at radius 1 is 1.24 bits per heavy atom. The van der Waals surface area contributed by atoms with E-state index in [-0.39, 0.29) is 0 Å². The number of nitrogens with one attached hydrogen (secondary N) is 2. The Bertz CT molecular complexity index is 456. The first-order valence-corrected chi connectivity index (χ1v) is 8.05. The molecule has 5 nitrogen and oxygen atoms in total. The fourth-order valence-electron chi connectivity index (χ4n) is 2.51. The molecule has 118 valence electrons. The molecule has 2 N–H and O–H groups in total. The maximum atomic E-state index is 5.42. The number of hydrogen-bond donors (Lipinski definition) is 2. The normalized spacial score (nSPS) is 18.2. The van der Waals surface area contributed by atoms with Gasteiger partial charge in [-0.2, -0.15) is 0 Å². The number of hydrogen-bond acceptors (Lipinski definition) is 5. The molecule has 1 aromatic rings. The highest BCUT2D eigenvalue weighted by molar-refractivity contribution is 5.57. The number of rotatable bonds is 7. The molecular weight excluding hydrogens is 264 g/mol. The molecule has 1 fully saturated rings. The van der Waals surface area contributed by atoms with E-state index >= 15 is 0 Å². The van der Waals surface area contributed by atoms with E-state index in [4.69, 9.17) is 4.74 Å². The van der Waals surface area contributed by atoms with Crippen LogP contribution < -0.4 is 10.6 Å². The highest BCUT2D eigenvalue weighted by atomic mass is 16.5. The lowest BCUT2D eigenvalue weighted by Crippen LogP contribution is -2.14. The predicted molar refractivity (Wildman–Crippen MR) is 87.1 cm³/mol. The Balaban J connectivity index is 2.05. The first-order valence-electron chi connectivity index (χ1n) is 8.05. The van der Waals surface area contributed by atoms with Crippen LogP contribution in [0.4, 0.5) is 11.6 Å². The van der Waals surface area contributed by atoms with E-state index in [1.165, 1.54) is 6.42 Å². The molecule has 1 unspecified atom stereocenters. The molecule has 1 aromatic heterocycles. The van der Waals surface area contributed by atoms with Crippen molar-refractivity contribution in [1.82, 2.24) is 9.97 Å². The van der Waals surface area contributed by atoms with Crippen LogP contribution in [0.25, 0.3) is 0 Å². The van der Waals surface area contributed by atoms with Gasteiger partial charge in [-0.05, 0) is 32.6 Å². The Kier molecular flexibility index (Phi) is 5.79. The van der Waals surface area contributed by atoms with E-state index in [0.717, 1.165) is 55.7 Å². The van der Waals surface area contributed by atoms with Crippen molar-refractivity contribution >= 4 is 11.6 Å². The molecule has 0 radical (unpaired) electrons. The lowest BCUT2D eigenvalue weighted by Gasteiger charge is -2.16. The Labute approximate surface area is 127 Å². The standard InChI is InChI=1S/C16H28N4O/c1-5-17-15-12(4)16(20-14(19-15)11(2)3)18-8-6-13-7-9-21-10-13/h11,13H,5-10H2,1-4H3,(H2,17,18,19,20). The van der Waals surface area contributed by atoms with Gasteiger partial charge in [0, 0.05) is 37.8 Å². The van der Waals surface area contributed by atoms with Crippen LogP contribution in [0.1, 0.15) is 50.9 Å². The molecular formula is C16H28N4O. The van der Waals surface area contributed by atoms with Crippen molar-refractivity contribution in [2.24, 2.45) is 5.92 Å². The minimum atomic E-state index is 0.326. The van der Waals surface area contributed by atoms with Crippen LogP contribution in [0.2, 0.25) is 0 Å². The second-order valence-corrected chi connectivity index (χ2v) is 6.03. The summed E-state index contributed by atoms with van der Waals surface area (Å²) < 4.78 is 5.42. The SMILES string of the molecule is CCNc1nc(C(C)C)nc(NCCC2CCOC2)c1C. The van der Waals surface area contributed by atoms with Gasteiger partial charge in [-0.15, -0.1) is 0 Å². The van der Waals surface area contributed by atoms with Crippen LogP contribution in [-0.2, 0) is 4.74 Å². The van der Waals surface area contributed by atoms with Gasteiger partial charge in [-0.25, -0.2) is 9.97 Å². The first-order chi connectivity index (χ1) is 10.1. The fourth-order valence-corrected chi connectivity index (χ4v) is 2.51. The lowest BCUT2D eigenvalue weighted by molar-refractivity contribution is 0.185. The third-order valence-electron chi connectivity index (χ3n) is 3.89. The van der Waals surface area contributed by atoms with Crippen molar-refractivity contribution < 1.29 is 4.74 Å². The lowest BCUT2D eigenvalue weighted by atomic mass is 10.1. The van der Waals surface area contributed by atoms with E-state index in [1.807, 2.05) is 0 Å². The van der Waals surface area contributed by atoms with Crippen molar-refractivity contribution in [2.75, 3.05) is 36.9 Å². The van der Waals surface area contributed by atoms with Crippen molar-refractivity contribution in [2.45, 2.75) is 46.5 Å². The summed E-state index contributed by atoms with van der Waals surface area (Å²) in [4.78, 5) is 9.31. The number of ether oxygens (including phenoxy) is 1. The van der Waals surface area contributed by atoms with Gasteiger partial charge in [-0.1, -0.05) is 13.8 Å². The fraction of sp³-hybridized carbons (Fsp3) is 0.750. The van der Waals surface area contributed by atoms with E-state index in [0.29, 0.717) is 11.8 Å². The van der Waals surface area contributed by atoms with Gasteiger partial charge in [0.05, 0.1) is 0 Å². The molecule has 1 atom stereocenters. The predicted octanol–water partition coefficient (Wildman–Crippen LogP) is 3.18. The van der Waals surface area contributed by atoms with E-state index < -0.39 is 0 Å². The third-order valence-corrected chi connectivity index (χ3v) is 3.89. The van der Waals surface area contributed by atoms with Crippen molar-refractivity contribution in [1.29, 1.82) is 0 Å². The zero-order valence-electron chi connectivity index (χ0n) is 13.7. The number of nitrogens with zero attached hydrogens (tertiary/aromatic N) is 2. The summed E-state index contributed by atoms with van der Waals surface area (Å²) in [5.74, 6) is 3.82. The molecule has 0 saturated carbocycles.